The Kier molecular flexibility index (Phi) is 4.13. The van der Waals surface area contributed by atoms with Crippen LogP contribution < -0.4 is 4.72 Å². The number of rotatable bonds is 5. The van der Waals surface area contributed by atoms with Crippen LogP contribution in [0.25, 0.3) is 0 Å². The first-order valence-corrected chi connectivity index (χ1v) is 6.05. The third-order valence-corrected chi connectivity index (χ3v) is 2.97. The molecule has 84 valence electrons. The van der Waals surface area contributed by atoms with Crippen LogP contribution in [0.3, 0.4) is 0 Å². The smallest absolute Gasteiger partial charge is 0.214 e. The normalized spacial score (nSPS) is 11.6. The first kappa shape index (κ1) is 12.0. The van der Waals surface area contributed by atoms with E-state index in [0.29, 0.717) is 11.5 Å². The molecule has 2 N–H and O–H groups in total. The van der Waals surface area contributed by atoms with Gasteiger partial charge in [-0.15, -0.1) is 0 Å². The van der Waals surface area contributed by atoms with Crippen molar-refractivity contribution < 1.29 is 13.5 Å². The molecule has 1 heterocycles. The molecule has 1 rings (SSSR count). The number of nitrogens with one attached hydrogen (secondary N) is 1. The van der Waals surface area contributed by atoms with E-state index >= 15 is 0 Å². The highest BCUT2D eigenvalue weighted by Crippen LogP contribution is 1.95. The first-order valence-electron chi connectivity index (χ1n) is 4.40. The quantitative estimate of drug-likeness (QED) is 0.692. The maximum absolute atomic E-state index is 11.2. The Morgan fingerprint density at radius 3 is 2.87 bits per heavy atom. The van der Waals surface area contributed by atoms with Gasteiger partial charge in [0, 0.05) is 6.20 Å². The molecule has 0 aliphatic carbocycles. The van der Waals surface area contributed by atoms with E-state index in [1.807, 2.05) is 0 Å². The number of aliphatic hydroxyl groups excluding tert-OH is 1. The van der Waals surface area contributed by atoms with Gasteiger partial charge in [-0.1, -0.05) is 0 Å². The summed E-state index contributed by atoms with van der Waals surface area (Å²) in [7, 11) is -3.40. The van der Waals surface area contributed by atoms with Gasteiger partial charge in [0.1, 0.15) is 5.82 Å². The lowest BCUT2D eigenvalue weighted by molar-refractivity contribution is 0.319. The van der Waals surface area contributed by atoms with Crippen LogP contribution in [0.4, 0.5) is 0 Å². The second-order valence-electron chi connectivity index (χ2n) is 2.96. The van der Waals surface area contributed by atoms with Gasteiger partial charge in [-0.3, -0.25) is 0 Å². The third-order valence-electron chi connectivity index (χ3n) is 1.67. The molecule has 1 aromatic rings. The van der Waals surface area contributed by atoms with Crippen molar-refractivity contribution in [2.45, 2.75) is 13.5 Å². The predicted octanol–water partition coefficient (Wildman–Crippen LogP) is -0.803. The Bertz CT molecular complexity index is 419. The summed E-state index contributed by atoms with van der Waals surface area (Å²) in [4.78, 5) is 7.93. The number of nitrogens with zero attached hydrogens (tertiary/aromatic N) is 2. The summed E-state index contributed by atoms with van der Waals surface area (Å²) in [6, 6.07) is 1.63. The minimum atomic E-state index is -3.40. The Balaban J connectivity index is 2.58. The average molecular weight is 231 g/mol. The van der Waals surface area contributed by atoms with Crippen LogP contribution in [0.1, 0.15) is 11.5 Å². The molecule has 0 saturated heterocycles. The summed E-state index contributed by atoms with van der Waals surface area (Å²) >= 11 is 0. The monoisotopic (exact) mass is 231 g/mol. The molecular weight excluding hydrogens is 218 g/mol. The van der Waals surface area contributed by atoms with Crippen molar-refractivity contribution in [2.75, 3.05) is 12.4 Å². The molecule has 0 aromatic carbocycles. The highest BCUT2D eigenvalue weighted by atomic mass is 32.2. The van der Waals surface area contributed by atoms with Crippen molar-refractivity contribution in [1.29, 1.82) is 0 Å². The molecule has 1 aromatic heterocycles. The van der Waals surface area contributed by atoms with Gasteiger partial charge in [0.25, 0.3) is 0 Å². The molecule has 0 bridgehead atoms. The number of hydrogen-bond donors (Lipinski definition) is 2. The van der Waals surface area contributed by atoms with Gasteiger partial charge in [-0.05, 0) is 13.0 Å². The third kappa shape index (κ3) is 4.32. The largest absolute Gasteiger partial charge is 0.395 e. The predicted molar refractivity (Wildman–Crippen MR) is 54.5 cm³/mol. The highest BCUT2D eigenvalue weighted by molar-refractivity contribution is 7.89. The van der Waals surface area contributed by atoms with Gasteiger partial charge in [0.15, 0.2) is 0 Å². The lowest BCUT2D eigenvalue weighted by Gasteiger charge is -2.04. The number of aryl methyl sites for hydroxylation is 1. The van der Waals surface area contributed by atoms with Gasteiger partial charge in [0.05, 0.1) is 24.6 Å². The maximum Gasteiger partial charge on any atom is 0.214 e. The van der Waals surface area contributed by atoms with E-state index in [4.69, 9.17) is 5.11 Å². The van der Waals surface area contributed by atoms with Crippen LogP contribution in [0.5, 0.6) is 0 Å². The topological polar surface area (TPSA) is 92.2 Å². The van der Waals surface area contributed by atoms with Gasteiger partial charge in [0.2, 0.25) is 10.0 Å². The molecule has 0 atom stereocenters. The summed E-state index contributed by atoms with van der Waals surface area (Å²) in [5, 5.41) is 8.50. The molecule has 0 aliphatic heterocycles. The van der Waals surface area contributed by atoms with Crippen molar-refractivity contribution in [3.05, 3.63) is 23.8 Å². The molecule has 0 unspecified atom stereocenters. The van der Waals surface area contributed by atoms with E-state index in [1.165, 1.54) is 0 Å². The summed E-state index contributed by atoms with van der Waals surface area (Å²) in [6.45, 7) is 1.45. The summed E-state index contributed by atoms with van der Waals surface area (Å²) in [6.07, 6.45) is 1.57. The Hall–Kier alpha value is -1.05. The summed E-state index contributed by atoms with van der Waals surface area (Å²) < 4.78 is 24.7. The molecule has 0 fully saturated rings. The zero-order valence-corrected chi connectivity index (χ0v) is 9.16. The fourth-order valence-corrected chi connectivity index (χ4v) is 1.73. The molecule has 0 saturated carbocycles. The number of aliphatic hydroxyl groups is 1. The number of hydrogen-bond acceptors (Lipinski definition) is 5. The van der Waals surface area contributed by atoms with E-state index in [1.54, 1.807) is 19.2 Å². The van der Waals surface area contributed by atoms with Gasteiger partial charge < -0.3 is 5.11 Å². The van der Waals surface area contributed by atoms with Gasteiger partial charge in [-0.2, -0.15) is 0 Å². The lowest BCUT2D eigenvalue weighted by Crippen LogP contribution is -2.27. The van der Waals surface area contributed by atoms with Gasteiger partial charge >= 0.3 is 0 Å². The molecular formula is C8H13N3O3S. The molecule has 15 heavy (non-hydrogen) atoms. The fourth-order valence-electron chi connectivity index (χ4n) is 0.980. The Morgan fingerprint density at radius 2 is 2.27 bits per heavy atom. The van der Waals surface area contributed by atoms with Crippen molar-refractivity contribution in [3.63, 3.8) is 0 Å². The molecule has 0 aliphatic rings. The van der Waals surface area contributed by atoms with E-state index < -0.39 is 16.6 Å². The van der Waals surface area contributed by atoms with Crippen molar-refractivity contribution >= 4 is 10.0 Å². The Morgan fingerprint density at radius 1 is 1.53 bits per heavy atom. The number of aromatic nitrogens is 2. The summed E-state index contributed by atoms with van der Waals surface area (Å²) in [5.41, 5.74) is 0.601. The molecule has 0 amide bonds. The SMILES string of the molecule is Cc1nccc(CNS(=O)(=O)CCO)n1. The lowest BCUT2D eigenvalue weighted by atomic mass is 10.4. The molecule has 6 nitrogen and oxygen atoms in total. The molecule has 0 radical (unpaired) electrons. The van der Waals surface area contributed by atoms with Crippen LogP contribution in [-0.4, -0.2) is 35.9 Å². The van der Waals surface area contributed by atoms with Crippen molar-refractivity contribution in [3.8, 4) is 0 Å². The number of sulfonamides is 1. The molecule has 7 heteroatoms. The average Bonchev–Trinajstić information content (AvgIpc) is 2.15. The van der Waals surface area contributed by atoms with E-state index in [9.17, 15) is 8.42 Å². The van der Waals surface area contributed by atoms with Crippen molar-refractivity contribution in [1.82, 2.24) is 14.7 Å². The van der Waals surface area contributed by atoms with Gasteiger partial charge in [-0.25, -0.2) is 23.1 Å². The minimum absolute atomic E-state index is 0.117. The van der Waals surface area contributed by atoms with E-state index in [0.717, 1.165) is 0 Å². The minimum Gasteiger partial charge on any atom is -0.395 e. The Labute approximate surface area is 88.4 Å². The zero-order chi connectivity index (χ0) is 11.3. The maximum atomic E-state index is 11.2. The van der Waals surface area contributed by atoms with Crippen LogP contribution in [0.15, 0.2) is 12.3 Å². The standard InChI is InChI=1S/C8H13N3O3S/c1-7-9-3-2-8(11-7)6-10-15(13,14)5-4-12/h2-3,10,12H,4-6H2,1H3. The molecule has 0 spiro atoms. The van der Waals surface area contributed by atoms with E-state index in [2.05, 4.69) is 14.7 Å². The first-order chi connectivity index (χ1) is 7.03. The zero-order valence-electron chi connectivity index (χ0n) is 8.34. The van der Waals surface area contributed by atoms with Crippen LogP contribution >= 0.6 is 0 Å². The second kappa shape index (κ2) is 5.15. The van der Waals surface area contributed by atoms with Crippen molar-refractivity contribution in [2.24, 2.45) is 0 Å². The summed E-state index contributed by atoms with van der Waals surface area (Å²) in [5.74, 6) is 0.297. The second-order valence-corrected chi connectivity index (χ2v) is 4.89. The van der Waals surface area contributed by atoms with Crippen LogP contribution in [-0.2, 0) is 16.6 Å². The van der Waals surface area contributed by atoms with Crippen LogP contribution in [0.2, 0.25) is 0 Å². The van der Waals surface area contributed by atoms with E-state index in [-0.39, 0.29) is 12.3 Å². The van der Waals surface area contributed by atoms with Crippen LogP contribution in [0, 0.1) is 6.92 Å². The highest BCUT2D eigenvalue weighted by Gasteiger charge is 2.08. The fraction of sp³-hybridized carbons (Fsp3) is 0.500.